The highest BCUT2D eigenvalue weighted by Crippen LogP contribution is 2.23. The number of hydrogen-bond donors (Lipinski definition) is 0. The van der Waals surface area contributed by atoms with Gasteiger partial charge in [0, 0.05) is 11.6 Å². The maximum atomic E-state index is 11.1. The highest BCUT2D eigenvalue weighted by atomic mass is 16.6. The molecule has 1 aromatic rings. The Morgan fingerprint density at radius 2 is 1.94 bits per heavy atom. The van der Waals surface area contributed by atoms with Crippen LogP contribution in [0.5, 0.6) is 0 Å². The Hall–Kier alpha value is -1.91. The third-order valence-corrected chi connectivity index (χ3v) is 2.45. The van der Waals surface area contributed by atoms with Crippen molar-refractivity contribution in [1.29, 1.82) is 0 Å². The third-order valence-electron chi connectivity index (χ3n) is 2.45. The van der Waals surface area contributed by atoms with Crippen LogP contribution >= 0.6 is 0 Å². The highest BCUT2D eigenvalue weighted by molar-refractivity contribution is 5.74. The summed E-state index contributed by atoms with van der Waals surface area (Å²) in [5.74, 6) is -0.480. The fourth-order valence-corrected chi connectivity index (χ4v) is 1.40. The molecule has 1 aromatic carbocycles. The van der Waals surface area contributed by atoms with Crippen molar-refractivity contribution in [1.82, 2.24) is 0 Å². The summed E-state index contributed by atoms with van der Waals surface area (Å²) in [7, 11) is 1.26. The third kappa shape index (κ3) is 2.56. The van der Waals surface area contributed by atoms with Crippen LogP contribution < -0.4 is 0 Å². The number of nitro groups is 1. The van der Waals surface area contributed by atoms with Crippen molar-refractivity contribution in [3.05, 3.63) is 38.9 Å². The minimum absolute atomic E-state index is 0.0338. The maximum Gasteiger partial charge on any atom is 0.310 e. The molecule has 0 fully saturated rings. The lowest BCUT2D eigenvalue weighted by atomic mass is 10.0. The molecule has 0 aromatic heterocycles. The fourth-order valence-electron chi connectivity index (χ4n) is 1.40. The molecule has 0 saturated heterocycles. The van der Waals surface area contributed by atoms with Gasteiger partial charge >= 0.3 is 5.97 Å². The zero-order chi connectivity index (χ0) is 12.3. The van der Waals surface area contributed by atoms with Gasteiger partial charge in [0.2, 0.25) is 0 Å². The van der Waals surface area contributed by atoms with E-state index in [1.165, 1.54) is 13.2 Å². The Balaban J connectivity index is 3.19. The summed E-state index contributed by atoms with van der Waals surface area (Å²) in [6.45, 7) is 3.64. The van der Waals surface area contributed by atoms with Crippen LogP contribution in [0.2, 0.25) is 0 Å². The molecule has 0 heterocycles. The first-order chi connectivity index (χ1) is 7.45. The molecule has 0 atom stereocenters. The minimum Gasteiger partial charge on any atom is -0.469 e. The van der Waals surface area contributed by atoms with E-state index in [0.717, 1.165) is 11.1 Å². The predicted molar refractivity (Wildman–Crippen MR) is 58.3 cm³/mol. The Morgan fingerprint density at radius 1 is 1.38 bits per heavy atom. The van der Waals surface area contributed by atoms with Crippen molar-refractivity contribution in [3.63, 3.8) is 0 Å². The van der Waals surface area contributed by atoms with Gasteiger partial charge in [-0.2, -0.15) is 0 Å². The number of carbonyl (C=O) groups is 1. The van der Waals surface area contributed by atoms with Crippen LogP contribution in [0.25, 0.3) is 0 Å². The summed E-state index contributed by atoms with van der Waals surface area (Å²) < 4.78 is 4.50. The van der Waals surface area contributed by atoms with Crippen molar-refractivity contribution in [2.75, 3.05) is 7.11 Å². The molecule has 86 valence electrons. The molecular formula is C11H13NO4. The first-order valence-corrected chi connectivity index (χ1v) is 4.77. The normalized spacial score (nSPS) is 9.94. The lowest BCUT2D eigenvalue weighted by molar-refractivity contribution is -0.385. The van der Waals surface area contributed by atoms with E-state index in [4.69, 9.17) is 0 Å². The van der Waals surface area contributed by atoms with Gasteiger partial charge in [0.15, 0.2) is 0 Å². The van der Waals surface area contributed by atoms with Crippen molar-refractivity contribution in [3.8, 4) is 0 Å². The number of rotatable bonds is 3. The van der Waals surface area contributed by atoms with Crippen LogP contribution in [0, 0.1) is 24.0 Å². The molecule has 0 aliphatic rings. The van der Waals surface area contributed by atoms with Crippen LogP contribution in [-0.4, -0.2) is 18.0 Å². The number of esters is 1. The number of hydrogen-bond acceptors (Lipinski definition) is 4. The molecule has 5 nitrogen and oxygen atoms in total. The van der Waals surface area contributed by atoms with Gasteiger partial charge in [-0.3, -0.25) is 14.9 Å². The summed E-state index contributed by atoms with van der Waals surface area (Å²) in [6, 6.07) is 3.14. The predicted octanol–water partition coefficient (Wildman–Crippen LogP) is 1.93. The van der Waals surface area contributed by atoms with E-state index >= 15 is 0 Å². The van der Waals surface area contributed by atoms with Gasteiger partial charge < -0.3 is 4.74 Å². The van der Waals surface area contributed by atoms with Crippen molar-refractivity contribution >= 4 is 11.7 Å². The molecule has 0 radical (unpaired) electrons. The number of carbonyl (C=O) groups excluding carboxylic acids is 1. The first-order valence-electron chi connectivity index (χ1n) is 4.77. The topological polar surface area (TPSA) is 69.4 Å². The summed E-state index contributed by atoms with van der Waals surface area (Å²) in [4.78, 5) is 21.4. The van der Waals surface area contributed by atoms with Crippen molar-refractivity contribution in [2.45, 2.75) is 20.3 Å². The molecule has 1 rings (SSSR count). The number of benzene rings is 1. The van der Waals surface area contributed by atoms with Gasteiger partial charge in [0.05, 0.1) is 18.5 Å². The molecule has 0 aliphatic carbocycles. The number of nitrogens with zero attached hydrogens (tertiary/aromatic N) is 1. The Labute approximate surface area is 93.2 Å². The van der Waals surface area contributed by atoms with Crippen LogP contribution in [0.3, 0.4) is 0 Å². The SMILES string of the molecule is COC(=O)Cc1cc(C)c(C)cc1[N+](=O)[O-]. The summed E-state index contributed by atoms with van der Waals surface area (Å²) in [5.41, 5.74) is 2.11. The molecule has 0 unspecified atom stereocenters. The average molecular weight is 223 g/mol. The van der Waals surface area contributed by atoms with Crippen LogP contribution in [0.4, 0.5) is 5.69 Å². The molecule has 0 N–H and O–H groups in total. The number of aryl methyl sites for hydroxylation is 2. The van der Waals surface area contributed by atoms with E-state index in [2.05, 4.69) is 4.74 Å². The van der Waals surface area contributed by atoms with Gasteiger partial charge in [0.1, 0.15) is 0 Å². The maximum absolute atomic E-state index is 11.1. The number of methoxy groups -OCH3 is 1. The van der Waals surface area contributed by atoms with Crippen molar-refractivity contribution in [2.24, 2.45) is 0 Å². The van der Waals surface area contributed by atoms with Crippen LogP contribution in [0.15, 0.2) is 12.1 Å². The largest absolute Gasteiger partial charge is 0.469 e. The minimum atomic E-state index is -0.481. The van der Waals surface area contributed by atoms with E-state index < -0.39 is 10.9 Å². The second-order valence-electron chi connectivity index (χ2n) is 3.58. The lowest BCUT2D eigenvalue weighted by Crippen LogP contribution is -2.07. The highest BCUT2D eigenvalue weighted by Gasteiger charge is 2.18. The molecule has 0 amide bonds. The van der Waals surface area contributed by atoms with E-state index in [0.29, 0.717) is 5.56 Å². The zero-order valence-corrected chi connectivity index (χ0v) is 9.44. The second kappa shape index (κ2) is 4.74. The summed E-state index contributed by atoms with van der Waals surface area (Å²) in [5, 5.41) is 10.8. The molecule has 5 heteroatoms. The molecular weight excluding hydrogens is 210 g/mol. The summed E-state index contributed by atoms with van der Waals surface area (Å²) in [6.07, 6.45) is -0.0755. The van der Waals surface area contributed by atoms with E-state index in [-0.39, 0.29) is 12.1 Å². The Bertz CT molecular complexity index is 440. The Morgan fingerprint density at radius 3 is 2.44 bits per heavy atom. The standard InChI is InChI=1S/C11H13NO4/c1-7-4-9(6-11(13)16-3)10(12(14)15)5-8(7)2/h4-5H,6H2,1-3H3. The quantitative estimate of drug-likeness (QED) is 0.446. The van der Waals surface area contributed by atoms with Gasteiger partial charge in [-0.05, 0) is 31.0 Å². The number of nitro benzene ring substituents is 1. The van der Waals surface area contributed by atoms with Gasteiger partial charge in [-0.25, -0.2) is 0 Å². The van der Waals surface area contributed by atoms with Crippen LogP contribution in [0.1, 0.15) is 16.7 Å². The lowest BCUT2D eigenvalue weighted by Gasteiger charge is -2.05. The zero-order valence-electron chi connectivity index (χ0n) is 9.44. The number of ether oxygens (including phenoxy) is 1. The fraction of sp³-hybridized carbons (Fsp3) is 0.364. The smallest absolute Gasteiger partial charge is 0.310 e. The molecule has 0 bridgehead atoms. The Kier molecular flexibility index (Phi) is 3.60. The van der Waals surface area contributed by atoms with Gasteiger partial charge in [-0.15, -0.1) is 0 Å². The van der Waals surface area contributed by atoms with Crippen LogP contribution in [-0.2, 0) is 16.0 Å². The van der Waals surface area contributed by atoms with E-state index in [1.807, 2.05) is 6.92 Å². The molecule has 16 heavy (non-hydrogen) atoms. The van der Waals surface area contributed by atoms with E-state index in [1.54, 1.807) is 13.0 Å². The monoisotopic (exact) mass is 223 g/mol. The summed E-state index contributed by atoms with van der Waals surface area (Å²) >= 11 is 0. The van der Waals surface area contributed by atoms with Gasteiger partial charge in [-0.1, -0.05) is 0 Å². The molecule has 0 spiro atoms. The average Bonchev–Trinajstić information content (AvgIpc) is 2.22. The first kappa shape index (κ1) is 12.2. The second-order valence-corrected chi connectivity index (χ2v) is 3.58. The molecule has 0 saturated carbocycles. The molecule has 0 aliphatic heterocycles. The van der Waals surface area contributed by atoms with Gasteiger partial charge in [0.25, 0.3) is 5.69 Å². The van der Waals surface area contributed by atoms with Crippen molar-refractivity contribution < 1.29 is 14.5 Å². The van der Waals surface area contributed by atoms with E-state index in [9.17, 15) is 14.9 Å².